The molecule has 4 rings (SSSR count). The summed E-state index contributed by atoms with van der Waals surface area (Å²) in [5.74, 6) is -0.745. The number of aliphatic hydroxyl groups excluding tert-OH is 1. The molecule has 2 N–H and O–H groups in total. The van der Waals surface area contributed by atoms with Gasteiger partial charge in [-0.2, -0.15) is 18.2 Å². The first-order chi connectivity index (χ1) is 11.2. The number of aliphatic hydroxyl groups is 1. The summed E-state index contributed by atoms with van der Waals surface area (Å²) in [7, 11) is 0. The van der Waals surface area contributed by atoms with Gasteiger partial charge in [-0.25, -0.2) is 12.1 Å². The van der Waals surface area contributed by atoms with Gasteiger partial charge in [0.15, 0.2) is 0 Å². The third-order valence-corrected chi connectivity index (χ3v) is 3.35. The summed E-state index contributed by atoms with van der Waals surface area (Å²) in [6.07, 6.45) is 8.71. The van der Waals surface area contributed by atoms with Crippen molar-refractivity contribution >= 4 is 5.76 Å². The van der Waals surface area contributed by atoms with E-state index >= 15 is 0 Å². The molecule has 0 amide bonds. The summed E-state index contributed by atoms with van der Waals surface area (Å²) in [6.45, 7) is 0. The number of fused-ring (bicyclic) bond motifs is 1. The number of allylic oxidation sites excluding steroid dienone is 6. The van der Waals surface area contributed by atoms with Gasteiger partial charge in [-0.05, 0) is 17.9 Å². The van der Waals surface area contributed by atoms with Crippen LogP contribution in [0.1, 0.15) is 5.56 Å². The monoisotopic (exact) mass is 362 g/mol. The Bertz CT molecular complexity index is 796. The number of rotatable bonds is 0. The molecule has 0 spiro atoms. The molecule has 0 atom stereocenters. The van der Waals surface area contributed by atoms with Crippen LogP contribution in [-0.2, 0) is 17.1 Å². The van der Waals surface area contributed by atoms with Crippen LogP contribution in [0.5, 0.6) is 17.2 Å². The van der Waals surface area contributed by atoms with Crippen LogP contribution in [-0.4, -0.2) is 10.2 Å². The fourth-order valence-electron chi connectivity index (χ4n) is 2.20. The van der Waals surface area contributed by atoms with Crippen LogP contribution in [0.2, 0.25) is 0 Å². The van der Waals surface area contributed by atoms with E-state index in [4.69, 9.17) is 4.74 Å². The van der Waals surface area contributed by atoms with Gasteiger partial charge in [-0.1, -0.05) is 24.3 Å². The predicted octanol–water partition coefficient (Wildman–Crippen LogP) is 3.54. The zero-order valence-electron chi connectivity index (χ0n) is 12.5. The summed E-state index contributed by atoms with van der Waals surface area (Å²) in [6, 6.07) is 12.7. The molecule has 2 aromatic carbocycles. The summed E-state index contributed by atoms with van der Waals surface area (Å²) in [5, 5.41) is 31.0. The molecule has 1 heterocycles. The van der Waals surface area contributed by atoms with Gasteiger partial charge in [0.1, 0.15) is 23.0 Å². The third kappa shape index (κ3) is 3.59. The Balaban J connectivity index is 0.000000300. The second-order valence-corrected chi connectivity index (χ2v) is 4.92. The topological polar surface area (TPSA) is 72.8 Å². The van der Waals surface area contributed by atoms with Crippen LogP contribution < -0.4 is 9.84 Å². The Hall–Kier alpha value is -2.75. The fourth-order valence-corrected chi connectivity index (χ4v) is 2.20. The van der Waals surface area contributed by atoms with E-state index in [1.807, 2.05) is 42.5 Å². The molecule has 4 nitrogen and oxygen atoms in total. The molecule has 122 valence electrons. The second kappa shape index (κ2) is 7.68. The SMILES string of the molecule is [Fe+2].[O-]c1c(O)ccc2c1OC(=C1C=CC=C1)C=C2O.c1cc[cH-]c1. The van der Waals surface area contributed by atoms with Crippen molar-refractivity contribution in [3.05, 3.63) is 89.7 Å². The maximum atomic E-state index is 11.7. The van der Waals surface area contributed by atoms with Gasteiger partial charge in [-0.15, -0.1) is 0 Å². The molecule has 1 aliphatic heterocycles. The van der Waals surface area contributed by atoms with Crippen molar-refractivity contribution in [2.24, 2.45) is 0 Å². The first kappa shape index (κ1) is 17.6. The minimum atomic E-state index is -0.629. The van der Waals surface area contributed by atoms with Crippen molar-refractivity contribution in [1.29, 1.82) is 0 Å². The van der Waals surface area contributed by atoms with Crippen LogP contribution in [0.3, 0.4) is 0 Å². The molecule has 0 aromatic heterocycles. The molecule has 24 heavy (non-hydrogen) atoms. The predicted molar refractivity (Wildman–Crippen MR) is 86.1 cm³/mol. The Morgan fingerprint density at radius 2 is 1.67 bits per heavy atom. The average molecular weight is 362 g/mol. The first-order valence-electron chi connectivity index (χ1n) is 7.04. The van der Waals surface area contributed by atoms with E-state index in [1.165, 1.54) is 18.2 Å². The first-order valence-corrected chi connectivity index (χ1v) is 7.04. The Labute approximate surface area is 150 Å². The van der Waals surface area contributed by atoms with Crippen molar-refractivity contribution in [1.82, 2.24) is 0 Å². The molecule has 0 bridgehead atoms. The average Bonchev–Trinajstić information content (AvgIpc) is 3.26. The molecule has 2 aliphatic rings. The van der Waals surface area contributed by atoms with Crippen LogP contribution in [0.4, 0.5) is 0 Å². The number of hydrogen-bond acceptors (Lipinski definition) is 4. The molecule has 5 heteroatoms. The zero-order chi connectivity index (χ0) is 16.2. The van der Waals surface area contributed by atoms with Gasteiger partial charge in [0.25, 0.3) is 0 Å². The van der Waals surface area contributed by atoms with E-state index in [2.05, 4.69) is 0 Å². The molecule has 0 saturated heterocycles. The number of aromatic hydroxyl groups is 1. The molecule has 0 radical (unpaired) electrons. The quantitative estimate of drug-likeness (QED) is 0.556. The minimum Gasteiger partial charge on any atom is -0.867 e. The largest absolute Gasteiger partial charge is 2.00 e. The van der Waals surface area contributed by atoms with Crippen LogP contribution in [0, 0.1) is 0 Å². The van der Waals surface area contributed by atoms with E-state index in [0.717, 1.165) is 5.57 Å². The molecular formula is C19H14FeO4. The zero-order valence-corrected chi connectivity index (χ0v) is 13.6. The maximum Gasteiger partial charge on any atom is 2.00 e. The standard InChI is InChI=1S/C14H10O4.C5H5.Fe/c15-10-6-5-9-11(16)7-12(8-3-1-2-4-8)18-14(9)13(10)17;1-2-4-5-3-1;/h1-7,15-17H;1-5H;/q;-1;+2/p-1. The Morgan fingerprint density at radius 3 is 2.25 bits per heavy atom. The summed E-state index contributed by atoms with van der Waals surface area (Å²) in [5.41, 5.74) is 1.04. The van der Waals surface area contributed by atoms with E-state index in [1.54, 1.807) is 12.2 Å². The number of hydrogen-bond donors (Lipinski definition) is 2. The van der Waals surface area contributed by atoms with Gasteiger partial charge in [0.2, 0.25) is 0 Å². The van der Waals surface area contributed by atoms with Crippen LogP contribution in [0.25, 0.3) is 5.76 Å². The third-order valence-electron chi connectivity index (χ3n) is 3.35. The van der Waals surface area contributed by atoms with Gasteiger partial charge >= 0.3 is 17.1 Å². The van der Waals surface area contributed by atoms with E-state index in [-0.39, 0.29) is 34.1 Å². The molecule has 0 unspecified atom stereocenters. The molecule has 0 fully saturated rings. The Kier molecular flexibility index (Phi) is 5.63. The van der Waals surface area contributed by atoms with Crippen LogP contribution in [0.15, 0.2) is 84.2 Å². The van der Waals surface area contributed by atoms with Gasteiger partial charge in [-0.3, -0.25) is 0 Å². The fraction of sp³-hybridized carbons (Fsp3) is 0. The van der Waals surface area contributed by atoms with Gasteiger partial charge < -0.3 is 20.1 Å². The van der Waals surface area contributed by atoms with E-state index < -0.39 is 11.5 Å². The van der Waals surface area contributed by atoms with Crippen molar-refractivity contribution in [3.8, 4) is 17.2 Å². The maximum absolute atomic E-state index is 11.7. The number of benzene rings is 1. The van der Waals surface area contributed by atoms with E-state index in [0.29, 0.717) is 5.76 Å². The van der Waals surface area contributed by atoms with Crippen molar-refractivity contribution < 1.29 is 37.1 Å². The molecular weight excluding hydrogens is 348 g/mol. The second-order valence-electron chi connectivity index (χ2n) is 4.92. The summed E-state index contributed by atoms with van der Waals surface area (Å²) < 4.78 is 5.47. The number of ether oxygens (including phenoxy) is 1. The van der Waals surface area contributed by atoms with Gasteiger partial charge in [0, 0.05) is 11.6 Å². The van der Waals surface area contributed by atoms with Crippen molar-refractivity contribution in [2.45, 2.75) is 0 Å². The molecule has 2 aromatic rings. The molecule has 0 saturated carbocycles. The number of phenols is 1. The van der Waals surface area contributed by atoms with Gasteiger partial charge in [0.05, 0.1) is 5.56 Å². The summed E-state index contributed by atoms with van der Waals surface area (Å²) >= 11 is 0. The minimum absolute atomic E-state index is 0. The molecule has 1 aliphatic carbocycles. The normalized spacial score (nSPS) is 14.1. The summed E-state index contributed by atoms with van der Waals surface area (Å²) in [4.78, 5) is 0. The van der Waals surface area contributed by atoms with Crippen LogP contribution >= 0.6 is 0 Å². The Morgan fingerprint density at radius 1 is 1.00 bits per heavy atom. The smallest absolute Gasteiger partial charge is 0.867 e. The van der Waals surface area contributed by atoms with Crippen molar-refractivity contribution in [3.63, 3.8) is 0 Å². The van der Waals surface area contributed by atoms with Crippen molar-refractivity contribution in [2.75, 3.05) is 0 Å². The number of phenolic OH excluding ortho intramolecular Hbond substituents is 1. The van der Waals surface area contributed by atoms with E-state index in [9.17, 15) is 15.3 Å².